The molecule has 0 amide bonds. The molecule has 0 bridgehead atoms. The van der Waals surface area contributed by atoms with Crippen molar-refractivity contribution in [3.05, 3.63) is 101 Å². The molecule has 0 heterocycles. The fraction of sp³-hybridized carbons (Fsp3) is 0.357. The lowest BCUT2D eigenvalue weighted by Crippen LogP contribution is -2.32. The molecule has 188 valence electrons. The molecule has 0 spiro atoms. The van der Waals surface area contributed by atoms with Gasteiger partial charge in [-0.05, 0) is 61.2 Å². The Bertz CT molecular complexity index is 1030. The van der Waals surface area contributed by atoms with Crippen molar-refractivity contribution in [2.24, 2.45) is 0 Å². The summed E-state index contributed by atoms with van der Waals surface area (Å²) in [6.45, 7) is 5.56. The minimum Gasteiger partial charge on any atom is -0.492 e. The number of ether oxygens (including phenoxy) is 1. The Hall–Kier alpha value is -2.87. The number of aliphatic hydroxyl groups excluding tert-OH is 1. The van der Waals surface area contributed by atoms with Crippen molar-refractivity contribution in [2.45, 2.75) is 51.2 Å². The van der Waals surface area contributed by atoms with Crippen LogP contribution in [0.1, 0.15) is 42.2 Å². The van der Waals surface area contributed by atoms with E-state index in [9.17, 15) is 18.3 Å². The van der Waals surface area contributed by atoms with Crippen LogP contribution in [0.2, 0.25) is 0 Å². The molecule has 4 nitrogen and oxygen atoms in total. The van der Waals surface area contributed by atoms with Gasteiger partial charge in [-0.1, -0.05) is 54.6 Å². The van der Waals surface area contributed by atoms with Crippen LogP contribution in [0.4, 0.5) is 13.2 Å². The lowest BCUT2D eigenvalue weighted by atomic mass is 10.0. The number of halogens is 3. The van der Waals surface area contributed by atoms with E-state index in [2.05, 4.69) is 29.7 Å². The highest BCUT2D eigenvalue weighted by atomic mass is 19.4. The molecule has 3 atom stereocenters. The zero-order valence-electron chi connectivity index (χ0n) is 20.1. The number of nitrogens with one attached hydrogen (secondary N) is 2. The zero-order valence-corrected chi connectivity index (χ0v) is 20.1. The second-order valence-electron chi connectivity index (χ2n) is 8.87. The minimum atomic E-state index is -4.43. The van der Waals surface area contributed by atoms with Crippen LogP contribution in [0.15, 0.2) is 78.9 Å². The quantitative estimate of drug-likeness (QED) is 0.316. The monoisotopic (exact) mass is 486 g/mol. The van der Waals surface area contributed by atoms with E-state index in [0.29, 0.717) is 13.0 Å². The lowest BCUT2D eigenvalue weighted by Gasteiger charge is -2.19. The van der Waals surface area contributed by atoms with Crippen LogP contribution in [0, 0.1) is 0 Å². The molecule has 3 N–H and O–H groups in total. The SMILES string of the molecule is CC(COc1ccc(CC(C)NCC(O)c2cccc(C(F)(F)F)c2)cc1)NCc1ccccc1. The zero-order chi connectivity index (χ0) is 25.3. The van der Waals surface area contributed by atoms with Gasteiger partial charge in [-0.15, -0.1) is 0 Å². The van der Waals surface area contributed by atoms with Gasteiger partial charge in [-0.3, -0.25) is 0 Å². The van der Waals surface area contributed by atoms with Gasteiger partial charge < -0.3 is 20.5 Å². The summed E-state index contributed by atoms with van der Waals surface area (Å²) in [5, 5.41) is 17.0. The van der Waals surface area contributed by atoms with E-state index in [-0.39, 0.29) is 24.2 Å². The number of hydrogen-bond donors (Lipinski definition) is 3. The highest BCUT2D eigenvalue weighted by Crippen LogP contribution is 2.30. The molecule has 3 rings (SSSR count). The first-order valence-corrected chi connectivity index (χ1v) is 11.8. The van der Waals surface area contributed by atoms with E-state index >= 15 is 0 Å². The first-order valence-electron chi connectivity index (χ1n) is 11.8. The van der Waals surface area contributed by atoms with Gasteiger partial charge in [0.15, 0.2) is 0 Å². The Kier molecular flexibility index (Phi) is 9.72. The summed E-state index contributed by atoms with van der Waals surface area (Å²) in [6.07, 6.45) is -4.73. The Morgan fingerprint density at radius 1 is 0.829 bits per heavy atom. The van der Waals surface area contributed by atoms with Crippen molar-refractivity contribution in [1.29, 1.82) is 0 Å². The van der Waals surface area contributed by atoms with E-state index < -0.39 is 17.8 Å². The second kappa shape index (κ2) is 12.7. The van der Waals surface area contributed by atoms with Crippen molar-refractivity contribution in [1.82, 2.24) is 10.6 Å². The number of aliphatic hydroxyl groups is 1. The average molecular weight is 487 g/mol. The molecule has 3 aromatic carbocycles. The van der Waals surface area contributed by atoms with Crippen LogP contribution in [0.3, 0.4) is 0 Å². The summed E-state index contributed by atoms with van der Waals surface area (Å²) in [4.78, 5) is 0. The maximum absolute atomic E-state index is 12.9. The van der Waals surface area contributed by atoms with Crippen molar-refractivity contribution < 1.29 is 23.0 Å². The van der Waals surface area contributed by atoms with Crippen molar-refractivity contribution in [2.75, 3.05) is 13.2 Å². The van der Waals surface area contributed by atoms with Gasteiger partial charge in [0.05, 0.1) is 11.7 Å². The molecule has 0 aliphatic heterocycles. The Morgan fingerprint density at radius 2 is 1.54 bits per heavy atom. The summed E-state index contributed by atoms with van der Waals surface area (Å²) < 4.78 is 44.6. The number of benzene rings is 3. The summed E-state index contributed by atoms with van der Waals surface area (Å²) in [7, 11) is 0. The second-order valence-corrected chi connectivity index (χ2v) is 8.87. The molecule has 0 aliphatic rings. The third kappa shape index (κ3) is 9.02. The van der Waals surface area contributed by atoms with Gasteiger partial charge in [0.2, 0.25) is 0 Å². The van der Waals surface area contributed by atoms with Crippen molar-refractivity contribution in [3.8, 4) is 5.75 Å². The molecule has 3 aromatic rings. The minimum absolute atomic E-state index is 0.0319. The van der Waals surface area contributed by atoms with Crippen LogP contribution in [-0.2, 0) is 19.1 Å². The summed E-state index contributed by atoms with van der Waals surface area (Å²) in [5.74, 6) is 0.794. The van der Waals surface area contributed by atoms with Gasteiger partial charge >= 0.3 is 6.18 Å². The number of rotatable bonds is 12. The predicted octanol–water partition coefficient (Wildman–Crippen LogP) is 5.52. The third-order valence-electron chi connectivity index (χ3n) is 5.72. The van der Waals surface area contributed by atoms with Crippen LogP contribution in [0.25, 0.3) is 0 Å². The summed E-state index contributed by atoms with van der Waals surface area (Å²) in [5.41, 5.74) is 1.81. The summed E-state index contributed by atoms with van der Waals surface area (Å²) in [6, 6.07) is 23.1. The fourth-order valence-corrected chi connectivity index (χ4v) is 3.67. The molecular formula is C28H33F3N2O2. The highest BCUT2D eigenvalue weighted by molar-refractivity contribution is 5.29. The van der Waals surface area contributed by atoms with Gasteiger partial charge in [-0.2, -0.15) is 13.2 Å². The van der Waals surface area contributed by atoms with E-state index in [0.717, 1.165) is 30.0 Å². The molecule has 0 aromatic heterocycles. The molecule has 0 aliphatic carbocycles. The van der Waals surface area contributed by atoms with Gasteiger partial charge in [0.25, 0.3) is 0 Å². The van der Waals surface area contributed by atoms with Crippen LogP contribution < -0.4 is 15.4 Å². The average Bonchev–Trinajstić information content (AvgIpc) is 2.86. The highest BCUT2D eigenvalue weighted by Gasteiger charge is 2.30. The maximum atomic E-state index is 12.9. The Balaban J connectivity index is 1.39. The van der Waals surface area contributed by atoms with Crippen LogP contribution >= 0.6 is 0 Å². The number of hydrogen-bond acceptors (Lipinski definition) is 4. The maximum Gasteiger partial charge on any atom is 0.416 e. The fourth-order valence-electron chi connectivity index (χ4n) is 3.67. The first-order chi connectivity index (χ1) is 16.7. The molecule has 0 saturated carbocycles. The molecule has 0 saturated heterocycles. The van der Waals surface area contributed by atoms with Crippen LogP contribution in [-0.4, -0.2) is 30.3 Å². The normalized spacial score (nSPS) is 14.3. The Labute approximate surface area is 205 Å². The number of alkyl halides is 3. The molecular weight excluding hydrogens is 453 g/mol. The van der Waals surface area contributed by atoms with Crippen molar-refractivity contribution >= 4 is 0 Å². The molecule has 3 unspecified atom stereocenters. The molecule has 0 fully saturated rings. The smallest absolute Gasteiger partial charge is 0.416 e. The van der Waals surface area contributed by atoms with Gasteiger partial charge in [-0.25, -0.2) is 0 Å². The van der Waals surface area contributed by atoms with Crippen LogP contribution in [0.5, 0.6) is 5.75 Å². The summed E-state index contributed by atoms with van der Waals surface area (Å²) >= 11 is 0. The van der Waals surface area contributed by atoms with E-state index in [1.165, 1.54) is 17.7 Å². The first kappa shape index (κ1) is 26.7. The molecule has 35 heavy (non-hydrogen) atoms. The largest absolute Gasteiger partial charge is 0.492 e. The standard InChI is InChI=1S/C28H33F3N2O2/c1-20(33-18-27(34)24-9-6-10-25(16-24)28(29,30)31)15-22-11-13-26(14-12-22)35-19-21(2)32-17-23-7-4-3-5-8-23/h3-14,16,20-21,27,32-34H,15,17-19H2,1-2H3. The lowest BCUT2D eigenvalue weighted by molar-refractivity contribution is -0.137. The van der Waals surface area contributed by atoms with Gasteiger partial charge in [0.1, 0.15) is 12.4 Å². The predicted molar refractivity (Wildman–Crippen MR) is 132 cm³/mol. The molecule has 7 heteroatoms. The van der Waals surface area contributed by atoms with E-state index in [1.807, 2.05) is 49.4 Å². The van der Waals surface area contributed by atoms with Crippen molar-refractivity contribution in [3.63, 3.8) is 0 Å². The van der Waals surface area contributed by atoms with Gasteiger partial charge in [0, 0.05) is 25.2 Å². The molecule has 0 radical (unpaired) electrons. The van der Waals surface area contributed by atoms with E-state index in [1.54, 1.807) is 0 Å². The topological polar surface area (TPSA) is 53.5 Å². The Morgan fingerprint density at radius 3 is 2.23 bits per heavy atom. The third-order valence-corrected chi connectivity index (χ3v) is 5.72. The van der Waals surface area contributed by atoms with E-state index in [4.69, 9.17) is 4.74 Å².